The zero-order chi connectivity index (χ0) is 11.4. The van der Waals surface area contributed by atoms with Gasteiger partial charge in [0.2, 0.25) is 0 Å². The van der Waals surface area contributed by atoms with E-state index in [1.54, 1.807) is 18.9 Å². The van der Waals surface area contributed by atoms with Gasteiger partial charge in [-0.05, 0) is 6.92 Å². The molecule has 1 aromatic rings. The first-order valence-corrected chi connectivity index (χ1v) is 4.50. The highest BCUT2D eigenvalue weighted by Gasteiger charge is 2.06. The first-order chi connectivity index (χ1) is 6.99. The SMILES string of the molecule is Cc1nc(N(C)CCC(=O)O)cc(=O)[nH]1. The Balaban J connectivity index is 2.77. The third-order valence-electron chi connectivity index (χ3n) is 1.90. The average Bonchev–Trinajstić information content (AvgIpc) is 2.12. The molecule has 0 unspecified atom stereocenters. The van der Waals surface area contributed by atoms with E-state index in [0.717, 1.165) is 0 Å². The van der Waals surface area contributed by atoms with Crippen molar-refractivity contribution in [3.63, 3.8) is 0 Å². The van der Waals surface area contributed by atoms with Crippen LogP contribution in [0.1, 0.15) is 12.2 Å². The highest BCUT2D eigenvalue weighted by Crippen LogP contribution is 2.05. The van der Waals surface area contributed by atoms with Crippen molar-refractivity contribution < 1.29 is 9.90 Å². The molecule has 82 valence electrons. The summed E-state index contributed by atoms with van der Waals surface area (Å²) < 4.78 is 0. The van der Waals surface area contributed by atoms with Crippen molar-refractivity contribution in [2.75, 3.05) is 18.5 Å². The fraction of sp³-hybridized carbons (Fsp3) is 0.444. The molecule has 0 saturated heterocycles. The van der Waals surface area contributed by atoms with Crippen molar-refractivity contribution in [1.29, 1.82) is 0 Å². The molecular weight excluding hydrogens is 198 g/mol. The lowest BCUT2D eigenvalue weighted by Gasteiger charge is -2.16. The Morgan fingerprint density at radius 2 is 2.33 bits per heavy atom. The average molecular weight is 211 g/mol. The second-order valence-corrected chi connectivity index (χ2v) is 3.25. The lowest BCUT2D eigenvalue weighted by Crippen LogP contribution is -2.24. The molecule has 0 saturated carbocycles. The number of H-pyrrole nitrogens is 1. The maximum atomic E-state index is 11.1. The summed E-state index contributed by atoms with van der Waals surface area (Å²) in [4.78, 5) is 29.7. The lowest BCUT2D eigenvalue weighted by molar-refractivity contribution is -0.136. The molecule has 1 heterocycles. The van der Waals surface area contributed by atoms with E-state index in [2.05, 4.69) is 9.97 Å². The summed E-state index contributed by atoms with van der Waals surface area (Å²) in [6, 6.07) is 1.34. The second kappa shape index (κ2) is 4.59. The monoisotopic (exact) mass is 211 g/mol. The fourth-order valence-electron chi connectivity index (χ4n) is 1.14. The van der Waals surface area contributed by atoms with E-state index < -0.39 is 5.97 Å². The number of aromatic amines is 1. The van der Waals surface area contributed by atoms with Crippen molar-refractivity contribution >= 4 is 11.8 Å². The summed E-state index contributed by atoms with van der Waals surface area (Å²) in [5, 5.41) is 8.50. The van der Waals surface area contributed by atoms with Gasteiger partial charge in [-0.2, -0.15) is 0 Å². The minimum atomic E-state index is -0.872. The molecule has 2 N–H and O–H groups in total. The third kappa shape index (κ3) is 3.41. The molecule has 0 spiro atoms. The van der Waals surface area contributed by atoms with Gasteiger partial charge in [0.05, 0.1) is 6.42 Å². The summed E-state index contributed by atoms with van der Waals surface area (Å²) >= 11 is 0. The van der Waals surface area contributed by atoms with Gasteiger partial charge >= 0.3 is 5.97 Å². The molecule has 0 amide bonds. The first-order valence-electron chi connectivity index (χ1n) is 4.50. The van der Waals surface area contributed by atoms with E-state index in [9.17, 15) is 9.59 Å². The molecule has 0 fully saturated rings. The number of carboxylic acid groups (broad SMARTS) is 1. The molecule has 0 bridgehead atoms. The molecule has 0 aromatic carbocycles. The number of rotatable bonds is 4. The van der Waals surface area contributed by atoms with E-state index in [1.807, 2.05) is 0 Å². The Labute approximate surface area is 86.6 Å². The third-order valence-corrected chi connectivity index (χ3v) is 1.90. The van der Waals surface area contributed by atoms with Crippen LogP contribution in [0.2, 0.25) is 0 Å². The summed E-state index contributed by atoms with van der Waals surface area (Å²) in [7, 11) is 1.70. The van der Waals surface area contributed by atoms with Crippen LogP contribution in [-0.4, -0.2) is 34.6 Å². The summed E-state index contributed by atoms with van der Waals surface area (Å²) in [6.07, 6.45) is 0.0179. The number of aliphatic carboxylic acids is 1. The normalized spacial score (nSPS) is 10.0. The zero-order valence-electron chi connectivity index (χ0n) is 8.65. The maximum absolute atomic E-state index is 11.1. The molecule has 0 atom stereocenters. The van der Waals surface area contributed by atoms with Gasteiger partial charge in [-0.1, -0.05) is 0 Å². The molecule has 15 heavy (non-hydrogen) atoms. The second-order valence-electron chi connectivity index (χ2n) is 3.25. The zero-order valence-corrected chi connectivity index (χ0v) is 8.65. The van der Waals surface area contributed by atoms with Crippen molar-refractivity contribution in [3.8, 4) is 0 Å². The number of anilines is 1. The molecule has 0 aliphatic heterocycles. The highest BCUT2D eigenvalue weighted by atomic mass is 16.4. The van der Waals surface area contributed by atoms with Crippen molar-refractivity contribution in [1.82, 2.24) is 9.97 Å². The summed E-state index contributed by atoms with van der Waals surface area (Å²) in [6.45, 7) is 2.00. The van der Waals surface area contributed by atoms with Crippen molar-refractivity contribution in [2.45, 2.75) is 13.3 Å². The number of nitrogens with one attached hydrogen (secondary N) is 1. The number of hydrogen-bond acceptors (Lipinski definition) is 4. The van der Waals surface area contributed by atoms with Crippen LogP contribution in [0.4, 0.5) is 5.82 Å². The van der Waals surface area contributed by atoms with Crippen molar-refractivity contribution in [3.05, 3.63) is 22.2 Å². The van der Waals surface area contributed by atoms with E-state index in [4.69, 9.17) is 5.11 Å². The van der Waals surface area contributed by atoms with Gasteiger partial charge in [-0.3, -0.25) is 9.59 Å². The lowest BCUT2D eigenvalue weighted by atomic mass is 10.4. The van der Waals surface area contributed by atoms with Gasteiger partial charge in [0.15, 0.2) is 0 Å². The molecule has 0 aliphatic rings. The number of aryl methyl sites for hydroxylation is 1. The van der Waals surface area contributed by atoms with Crippen LogP contribution in [-0.2, 0) is 4.79 Å². The topological polar surface area (TPSA) is 86.3 Å². The molecular formula is C9H13N3O3. The Kier molecular flexibility index (Phi) is 3.43. The van der Waals surface area contributed by atoms with Crippen LogP contribution in [0.25, 0.3) is 0 Å². The van der Waals surface area contributed by atoms with E-state index in [1.165, 1.54) is 6.07 Å². The molecule has 6 heteroatoms. The van der Waals surface area contributed by atoms with E-state index >= 15 is 0 Å². The van der Waals surface area contributed by atoms with Gasteiger partial charge in [0, 0.05) is 19.7 Å². The first kappa shape index (κ1) is 11.2. The van der Waals surface area contributed by atoms with E-state index in [-0.39, 0.29) is 12.0 Å². The predicted molar refractivity (Wildman–Crippen MR) is 55.1 cm³/mol. The standard InChI is InChI=1S/C9H13N3O3/c1-6-10-7(5-8(13)11-6)12(2)4-3-9(14)15/h5H,3-4H2,1-2H3,(H,14,15)(H,10,11,13). The summed E-state index contributed by atoms with van der Waals surface area (Å²) in [5.74, 6) is 0.126. The van der Waals surface area contributed by atoms with Crippen LogP contribution in [0.3, 0.4) is 0 Å². The Hall–Kier alpha value is -1.85. The van der Waals surface area contributed by atoms with Crippen LogP contribution in [0.5, 0.6) is 0 Å². The highest BCUT2D eigenvalue weighted by molar-refractivity contribution is 5.67. The molecule has 1 aromatic heterocycles. The van der Waals surface area contributed by atoms with Crippen LogP contribution >= 0.6 is 0 Å². The number of carbonyl (C=O) groups is 1. The number of aromatic nitrogens is 2. The quantitative estimate of drug-likeness (QED) is 0.731. The molecule has 0 aliphatic carbocycles. The molecule has 0 radical (unpaired) electrons. The summed E-state index contributed by atoms with van der Waals surface area (Å²) in [5.41, 5.74) is -0.236. The van der Waals surface area contributed by atoms with E-state index in [0.29, 0.717) is 18.2 Å². The smallest absolute Gasteiger partial charge is 0.305 e. The number of nitrogens with zero attached hydrogens (tertiary/aromatic N) is 2. The van der Waals surface area contributed by atoms with Crippen LogP contribution in [0, 0.1) is 6.92 Å². The van der Waals surface area contributed by atoms with Gasteiger partial charge in [-0.15, -0.1) is 0 Å². The van der Waals surface area contributed by atoms with Gasteiger partial charge < -0.3 is 15.0 Å². The Morgan fingerprint density at radius 1 is 1.67 bits per heavy atom. The van der Waals surface area contributed by atoms with Crippen LogP contribution in [0.15, 0.2) is 10.9 Å². The number of carboxylic acids is 1. The van der Waals surface area contributed by atoms with Gasteiger partial charge in [0.1, 0.15) is 11.6 Å². The Bertz CT molecular complexity index is 413. The molecule has 6 nitrogen and oxygen atoms in total. The largest absolute Gasteiger partial charge is 0.481 e. The fourth-order valence-corrected chi connectivity index (χ4v) is 1.14. The predicted octanol–water partition coefficient (Wildman–Crippen LogP) is -0.0108. The van der Waals surface area contributed by atoms with Gasteiger partial charge in [-0.25, -0.2) is 4.98 Å². The Morgan fingerprint density at radius 3 is 2.87 bits per heavy atom. The minimum Gasteiger partial charge on any atom is -0.481 e. The number of hydrogen-bond donors (Lipinski definition) is 2. The maximum Gasteiger partial charge on any atom is 0.305 e. The van der Waals surface area contributed by atoms with Gasteiger partial charge in [0.25, 0.3) is 5.56 Å². The van der Waals surface area contributed by atoms with Crippen molar-refractivity contribution in [2.24, 2.45) is 0 Å². The molecule has 1 rings (SSSR count). The minimum absolute atomic E-state index is 0.0179. The van der Waals surface area contributed by atoms with Crippen LogP contribution < -0.4 is 10.5 Å².